The lowest BCUT2D eigenvalue weighted by molar-refractivity contribution is 0.0374. The fourth-order valence-electron chi connectivity index (χ4n) is 1.97. The normalized spacial score (nSPS) is 12.9. The Hall–Kier alpha value is -0.930. The molecule has 0 aliphatic carbocycles. The first-order chi connectivity index (χ1) is 8.63. The number of hydrogen-bond donors (Lipinski definition) is 1. The van der Waals surface area contributed by atoms with E-state index in [1.165, 1.54) is 5.56 Å². The second-order valence-electron chi connectivity index (χ2n) is 5.14. The molecule has 0 saturated carbocycles. The van der Waals surface area contributed by atoms with E-state index < -0.39 is 0 Å². The molecule has 1 atom stereocenters. The summed E-state index contributed by atoms with van der Waals surface area (Å²) < 4.78 is 5.87. The maximum atomic E-state index is 5.87. The predicted molar refractivity (Wildman–Crippen MR) is 75.3 cm³/mol. The Morgan fingerprint density at radius 2 is 2.11 bits per heavy atom. The van der Waals surface area contributed by atoms with Crippen LogP contribution >= 0.6 is 0 Å². The molecule has 1 aromatic heterocycles. The number of nitrogens with one attached hydrogen (secondary N) is 1. The van der Waals surface area contributed by atoms with Crippen molar-refractivity contribution in [3.8, 4) is 0 Å². The second-order valence-corrected chi connectivity index (χ2v) is 5.14. The fraction of sp³-hybridized carbons (Fsp3) is 0.667. The van der Waals surface area contributed by atoms with Crippen LogP contribution in [0.2, 0.25) is 0 Å². The van der Waals surface area contributed by atoms with Crippen LogP contribution in [0.25, 0.3) is 0 Å². The first-order valence-electron chi connectivity index (χ1n) is 6.88. The van der Waals surface area contributed by atoms with Gasteiger partial charge in [-0.1, -0.05) is 26.8 Å². The predicted octanol–water partition coefficient (Wildman–Crippen LogP) is 3.14. The van der Waals surface area contributed by atoms with E-state index in [4.69, 9.17) is 4.74 Å². The number of pyridine rings is 1. The zero-order chi connectivity index (χ0) is 13.4. The standard InChI is InChI=1S/C15H26N2O/c1-5-16-10-14-7-6-8-17-15(14)11-18-13(4)9-12(2)3/h6-8,12-13,16H,5,9-11H2,1-4H3. The summed E-state index contributed by atoms with van der Waals surface area (Å²) in [6, 6.07) is 4.09. The van der Waals surface area contributed by atoms with Crippen molar-refractivity contribution in [2.45, 2.75) is 53.4 Å². The van der Waals surface area contributed by atoms with Crippen LogP contribution in [0.5, 0.6) is 0 Å². The van der Waals surface area contributed by atoms with E-state index in [0.29, 0.717) is 18.6 Å². The third kappa shape index (κ3) is 5.61. The summed E-state index contributed by atoms with van der Waals surface area (Å²) in [4.78, 5) is 4.42. The van der Waals surface area contributed by atoms with Gasteiger partial charge in [0.1, 0.15) is 0 Å². The van der Waals surface area contributed by atoms with Crippen LogP contribution in [0, 0.1) is 5.92 Å². The summed E-state index contributed by atoms with van der Waals surface area (Å²) >= 11 is 0. The zero-order valence-electron chi connectivity index (χ0n) is 12.1. The molecule has 3 nitrogen and oxygen atoms in total. The SMILES string of the molecule is CCNCc1cccnc1COC(C)CC(C)C. The molecule has 1 unspecified atom stereocenters. The molecule has 0 fully saturated rings. The Kier molecular flexibility index (Phi) is 6.91. The Bertz CT molecular complexity index is 339. The van der Waals surface area contributed by atoms with Gasteiger partial charge in [-0.25, -0.2) is 0 Å². The van der Waals surface area contributed by atoms with Gasteiger partial charge in [-0.3, -0.25) is 4.98 Å². The van der Waals surface area contributed by atoms with E-state index >= 15 is 0 Å². The van der Waals surface area contributed by atoms with Crippen LogP contribution in [0.3, 0.4) is 0 Å². The van der Waals surface area contributed by atoms with Gasteiger partial charge in [0.05, 0.1) is 18.4 Å². The minimum Gasteiger partial charge on any atom is -0.372 e. The molecule has 0 radical (unpaired) electrons. The largest absolute Gasteiger partial charge is 0.372 e. The van der Waals surface area contributed by atoms with Crippen LogP contribution in [-0.2, 0) is 17.9 Å². The average molecular weight is 250 g/mol. The molecular formula is C15H26N2O. The van der Waals surface area contributed by atoms with Gasteiger partial charge in [0, 0.05) is 12.7 Å². The van der Waals surface area contributed by atoms with Crippen molar-refractivity contribution in [3.63, 3.8) is 0 Å². The minimum atomic E-state index is 0.291. The van der Waals surface area contributed by atoms with E-state index in [0.717, 1.165) is 25.2 Å². The zero-order valence-corrected chi connectivity index (χ0v) is 12.1. The minimum absolute atomic E-state index is 0.291. The Labute approximate surface area is 111 Å². The van der Waals surface area contributed by atoms with Gasteiger partial charge in [-0.15, -0.1) is 0 Å². The van der Waals surface area contributed by atoms with Gasteiger partial charge >= 0.3 is 0 Å². The molecule has 1 N–H and O–H groups in total. The van der Waals surface area contributed by atoms with Gasteiger partial charge in [-0.2, -0.15) is 0 Å². The molecule has 102 valence electrons. The summed E-state index contributed by atoms with van der Waals surface area (Å²) in [5.74, 6) is 0.671. The second kappa shape index (κ2) is 8.22. The highest BCUT2D eigenvalue weighted by molar-refractivity contribution is 5.18. The highest BCUT2D eigenvalue weighted by atomic mass is 16.5. The molecule has 0 aliphatic rings. The summed E-state index contributed by atoms with van der Waals surface area (Å²) in [7, 11) is 0. The van der Waals surface area contributed by atoms with Gasteiger partial charge in [-0.05, 0) is 37.4 Å². The molecule has 1 rings (SSSR count). The summed E-state index contributed by atoms with van der Waals surface area (Å²) in [5, 5.41) is 3.33. The van der Waals surface area contributed by atoms with Crippen molar-refractivity contribution in [3.05, 3.63) is 29.6 Å². The molecule has 0 aliphatic heterocycles. The number of rotatable bonds is 8. The third-order valence-corrected chi connectivity index (χ3v) is 2.86. The monoisotopic (exact) mass is 250 g/mol. The quantitative estimate of drug-likeness (QED) is 0.769. The van der Waals surface area contributed by atoms with E-state index in [2.05, 4.69) is 44.1 Å². The number of ether oxygens (including phenoxy) is 1. The molecule has 0 spiro atoms. The highest BCUT2D eigenvalue weighted by Crippen LogP contribution is 2.12. The molecule has 0 saturated heterocycles. The van der Waals surface area contributed by atoms with Gasteiger partial charge in [0.15, 0.2) is 0 Å². The van der Waals surface area contributed by atoms with Crippen molar-refractivity contribution in [2.75, 3.05) is 6.54 Å². The van der Waals surface area contributed by atoms with Crippen molar-refractivity contribution < 1.29 is 4.74 Å². The lowest BCUT2D eigenvalue weighted by Gasteiger charge is -2.16. The van der Waals surface area contributed by atoms with E-state index in [-0.39, 0.29) is 0 Å². The van der Waals surface area contributed by atoms with E-state index in [9.17, 15) is 0 Å². The van der Waals surface area contributed by atoms with Crippen LogP contribution in [0.1, 0.15) is 45.4 Å². The number of aromatic nitrogens is 1. The topological polar surface area (TPSA) is 34.2 Å². The van der Waals surface area contributed by atoms with Crippen molar-refractivity contribution in [1.29, 1.82) is 0 Å². The molecule has 1 aromatic rings. The maximum Gasteiger partial charge on any atom is 0.0894 e. The lowest BCUT2D eigenvalue weighted by atomic mass is 10.1. The molecule has 3 heteroatoms. The van der Waals surface area contributed by atoms with E-state index in [1.807, 2.05) is 12.3 Å². The van der Waals surface area contributed by atoms with Gasteiger partial charge in [0.25, 0.3) is 0 Å². The third-order valence-electron chi connectivity index (χ3n) is 2.86. The lowest BCUT2D eigenvalue weighted by Crippen LogP contribution is -2.16. The fourth-order valence-corrected chi connectivity index (χ4v) is 1.97. The summed E-state index contributed by atoms with van der Waals surface area (Å²) in [5.41, 5.74) is 2.28. The van der Waals surface area contributed by atoms with Gasteiger partial charge < -0.3 is 10.1 Å². The number of hydrogen-bond acceptors (Lipinski definition) is 3. The Morgan fingerprint density at radius 1 is 1.33 bits per heavy atom. The van der Waals surface area contributed by atoms with E-state index in [1.54, 1.807) is 0 Å². The van der Waals surface area contributed by atoms with Crippen molar-refractivity contribution >= 4 is 0 Å². The first-order valence-corrected chi connectivity index (χ1v) is 6.88. The van der Waals surface area contributed by atoms with Crippen molar-refractivity contribution in [2.24, 2.45) is 5.92 Å². The molecular weight excluding hydrogens is 224 g/mol. The Morgan fingerprint density at radius 3 is 2.78 bits per heavy atom. The number of nitrogens with zero attached hydrogens (tertiary/aromatic N) is 1. The van der Waals surface area contributed by atoms with Crippen molar-refractivity contribution in [1.82, 2.24) is 10.3 Å². The smallest absolute Gasteiger partial charge is 0.0894 e. The molecule has 0 aromatic carbocycles. The van der Waals surface area contributed by atoms with Crippen LogP contribution < -0.4 is 5.32 Å². The molecule has 0 bridgehead atoms. The van der Waals surface area contributed by atoms with Crippen LogP contribution in [-0.4, -0.2) is 17.6 Å². The Balaban J connectivity index is 2.50. The van der Waals surface area contributed by atoms with Crippen LogP contribution in [0.15, 0.2) is 18.3 Å². The molecule has 1 heterocycles. The summed E-state index contributed by atoms with van der Waals surface area (Å²) in [6.45, 7) is 11.1. The van der Waals surface area contributed by atoms with Crippen LogP contribution in [0.4, 0.5) is 0 Å². The maximum absolute atomic E-state index is 5.87. The highest BCUT2D eigenvalue weighted by Gasteiger charge is 2.08. The van der Waals surface area contributed by atoms with Gasteiger partial charge in [0.2, 0.25) is 0 Å². The molecule has 0 amide bonds. The first kappa shape index (κ1) is 15.1. The average Bonchev–Trinajstić information content (AvgIpc) is 2.34. The summed E-state index contributed by atoms with van der Waals surface area (Å²) in [6.07, 6.45) is 3.22. The molecule has 18 heavy (non-hydrogen) atoms.